The average molecular weight is 326 g/mol. The van der Waals surface area contributed by atoms with Crippen LogP contribution in [0.4, 0.5) is 5.82 Å². The summed E-state index contributed by atoms with van der Waals surface area (Å²) in [5.74, 6) is 1.48. The van der Waals surface area contributed by atoms with Crippen molar-refractivity contribution in [3.8, 4) is 5.75 Å². The lowest BCUT2D eigenvalue weighted by Gasteiger charge is -2.09. The van der Waals surface area contributed by atoms with Gasteiger partial charge in [-0.05, 0) is 23.3 Å². The lowest BCUT2D eigenvalue weighted by molar-refractivity contribution is 0.306. The van der Waals surface area contributed by atoms with Gasteiger partial charge in [-0.1, -0.05) is 54.1 Å². The second-order valence-electron chi connectivity index (χ2n) is 4.99. The van der Waals surface area contributed by atoms with E-state index in [0.717, 1.165) is 16.9 Å². The Balaban J connectivity index is 1.54. The van der Waals surface area contributed by atoms with Gasteiger partial charge >= 0.3 is 0 Å². The van der Waals surface area contributed by atoms with Crippen molar-refractivity contribution in [3.05, 3.63) is 83.3 Å². The molecule has 4 nitrogen and oxygen atoms in total. The molecule has 1 heterocycles. The second kappa shape index (κ2) is 7.61. The number of anilines is 1. The third kappa shape index (κ3) is 4.44. The number of nitrogens with one attached hydrogen (secondary N) is 1. The molecule has 0 saturated carbocycles. The third-order valence-corrected chi connectivity index (χ3v) is 3.58. The van der Waals surface area contributed by atoms with Gasteiger partial charge in [0, 0.05) is 6.54 Å². The minimum absolute atomic E-state index is 0.510. The van der Waals surface area contributed by atoms with Crippen LogP contribution in [0, 0.1) is 0 Å². The van der Waals surface area contributed by atoms with Crippen molar-refractivity contribution in [2.24, 2.45) is 0 Å². The van der Waals surface area contributed by atoms with Crippen LogP contribution in [-0.2, 0) is 13.2 Å². The molecule has 0 aliphatic rings. The molecule has 3 aromatic rings. The summed E-state index contributed by atoms with van der Waals surface area (Å²) >= 11 is 6.01. The Kier molecular flexibility index (Phi) is 5.06. The standard InChI is InChI=1S/C18H16ClN3O/c19-17-11-20-13-22-18(17)21-10-14-6-8-16(9-7-14)23-12-15-4-2-1-3-5-15/h1-9,11,13H,10,12H2,(H,20,21,22). The highest BCUT2D eigenvalue weighted by Gasteiger charge is 2.01. The first-order chi connectivity index (χ1) is 11.3. The Morgan fingerprint density at radius 1 is 0.957 bits per heavy atom. The minimum atomic E-state index is 0.510. The van der Waals surface area contributed by atoms with E-state index in [1.807, 2.05) is 54.6 Å². The van der Waals surface area contributed by atoms with Crippen LogP contribution in [0.1, 0.15) is 11.1 Å². The first-order valence-electron chi connectivity index (χ1n) is 7.26. The molecule has 116 valence electrons. The van der Waals surface area contributed by atoms with Gasteiger partial charge in [0.25, 0.3) is 0 Å². The Bertz CT molecular complexity index is 748. The number of rotatable bonds is 6. The average Bonchev–Trinajstić information content (AvgIpc) is 2.61. The van der Waals surface area contributed by atoms with Gasteiger partial charge in [0.15, 0.2) is 0 Å². The maximum atomic E-state index is 6.01. The van der Waals surface area contributed by atoms with Gasteiger partial charge in [0.05, 0.1) is 6.20 Å². The highest BCUT2D eigenvalue weighted by molar-refractivity contribution is 6.32. The predicted molar refractivity (Wildman–Crippen MR) is 91.6 cm³/mol. The normalized spacial score (nSPS) is 10.3. The number of ether oxygens (including phenoxy) is 1. The van der Waals surface area contributed by atoms with Crippen LogP contribution in [0.15, 0.2) is 67.1 Å². The SMILES string of the molecule is Clc1cncnc1NCc1ccc(OCc2ccccc2)cc1. The van der Waals surface area contributed by atoms with E-state index in [4.69, 9.17) is 16.3 Å². The van der Waals surface area contributed by atoms with Crippen molar-refractivity contribution in [3.63, 3.8) is 0 Å². The molecule has 2 aromatic carbocycles. The van der Waals surface area contributed by atoms with Crippen LogP contribution in [-0.4, -0.2) is 9.97 Å². The van der Waals surface area contributed by atoms with Gasteiger partial charge in [-0.25, -0.2) is 9.97 Å². The van der Waals surface area contributed by atoms with Crippen LogP contribution < -0.4 is 10.1 Å². The van der Waals surface area contributed by atoms with E-state index >= 15 is 0 Å². The number of halogens is 1. The van der Waals surface area contributed by atoms with Gasteiger partial charge in [0.2, 0.25) is 0 Å². The fourth-order valence-corrected chi connectivity index (χ4v) is 2.24. The van der Waals surface area contributed by atoms with E-state index in [2.05, 4.69) is 15.3 Å². The van der Waals surface area contributed by atoms with Gasteiger partial charge in [-0.15, -0.1) is 0 Å². The van der Waals surface area contributed by atoms with E-state index in [-0.39, 0.29) is 0 Å². The molecule has 0 aliphatic heterocycles. The van der Waals surface area contributed by atoms with E-state index in [1.54, 1.807) is 6.20 Å². The van der Waals surface area contributed by atoms with Crippen LogP contribution in [0.3, 0.4) is 0 Å². The Hall–Kier alpha value is -2.59. The summed E-state index contributed by atoms with van der Waals surface area (Å²) < 4.78 is 5.77. The van der Waals surface area contributed by atoms with Crippen molar-refractivity contribution in [1.29, 1.82) is 0 Å². The fourth-order valence-electron chi connectivity index (χ4n) is 2.07. The summed E-state index contributed by atoms with van der Waals surface area (Å²) in [5, 5.41) is 3.69. The van der Waals surface area contributed by atoms with Crippen LogP contribution in [0.2, 0.25) is 5.02 Å². The molecule has 0 radical (unpaired) electrons. The Morgan fingerprint density at radius 2 is 1.74 bits per heavy atom. The zero-order valence-electron chi connectivity index (χ0n) is 12.4. The fraction of sp³-hybridized carbons (Fsp3) is 0.111. The van der Waals surface area contributed by atoms with Crippen LogP contribution in [0.25, 0.3) is 0 Å². The first-order valence-corrected chi connectivity index (χ1v) is 7.64. The molecule has 0 fully saturated rings. The predicted octanol–water partition coefficient (Wildman–Crippen LogP) is 4.32. The van der Waals surface area contributed by atoms with Crippen molar-refractivity contribution in [2.45, 2.75) is 13.2 Å². The third-order valence-electron chi connectivity index (χ3n) is 3.30. The van der Waals surface area contributed by atoms with E-state index in [0.29, 0.717) is 24.0 Å². The molecular formula is C18H16ClN3O. The van der Waals surface area contributed by atoms with Crippen molar-refractivity contribution >= 4 is 17.4 Å². The highest BCUT2D eigenvalue weighted by Crippen LogP contribution is 2.18. The molecule has 0 saturated heterocycles. The maximum Gasteiger partial charge on any atom is 0.148 e. The molecule has 0 aliphatic carbocycles. The molecule has 3 rings (SSSR count). The number of nitrogens with zero attached hydrogens (tertiary/aromatic N) is 2. The number of hydrogen-bond donors (Lipinski definition) is 1. The minimum Gasteiger partial charge on any atom is -0.489 e. The molecule has 1 aromatic heterocycles. The monoisotopic (exact) mass is 325 g/mol. The van der Waals surface area contributed by atoms with Crippen LogP contribution in [0.5, 0.6) is 5.75 Å². The number of benzene rings is 2. The van der Waals surface area contributed by atoms with Gasteiger partial charge < -0.3 is 10.1 Å². The summed E-state index contributed by atoms with van der Waals surface area (Å²) in [6.07, 6.45) is 3.03. The zero-order valence-corrected chi connectivity index (χ0v) is 13.2. The van der Waals surface area contributed by atoms with E-state index in [9.17, 15) is 0 Å². The van der Waals surface area contributed by atoms with Crippen molar-refractivity contribution < 1.29 is 4.74 Å². The largest absolute Gasteiger partial charge is 0.489 e. The molecule has 5 heteroatoms. The first kappa shape index (κ1) is 15.3. The van der Waals surface area contributed by atoms with Gasteiger partial charge in [0.1, 0.15) is 29.5 Å². The summed E-state index contributed by atoms with van der Waals surface area (Å²) in [6, 6.07) is 18.0. The topological polar surface area (TPSA) is 47.0 Å². The second-order valence-corrected chi connectivity index (χ2v) is 5.40. The maximum absolute atomic E-state index is 6.01. The molecule has 23 heavy (non-hydrogen) atoms. The molecular weight excluding hydrogens is 310 g/mol. The zero-order chi connectivity index (χ0) is 15.9. The van der Waals surface area contributed by atoms with Crippen molar-refractivity contribution in [2.75, 3.05) is 5.32 Å². The molecule has 0 unspecified atom stereocenters. The summed E-state index contributed by atoms with van der Waals surface area (Å²) in [6.45, 7) is 1.20. The lowest BCUT2D eigenvalue weighted by atomic mass is 10.2. The summed E-state index contributed by atoms with van der Waals surface area (Å²) in [4.78, 5) is 7.95. The molecule has 0 atom stereocenters. The van der Waals surface area contributed by atoms with Gasteiger partial charge in [-0.2, -0.15) is 0 Å². The lowest BCUT2D eigenvalue weighted by Crippen LogP contribution is -2.02. The number of hydrogen-bond acceptors (Lipinski definition) is 4. The molecule has 1 N–H and O–H groups in total. The van der Waals surface area contributed by atoms with E-state index < -0.39 is 0 Å². The summed E-state index contributed by atoms with van der Waals surface area (Å²) in [7, 11) is 0. The van der Waals surface area contributed by atoms with E-state index in [1.165, 1.54) is 6.33 Å². The highest BCUT2D eigenvalue weighted by atomic mass is 35.5. The van der Waals surface area contributed by atoms with Crippen molar-refractivity contribution in [1.82, 2.24) is 9.97 Å². The van der Waals surface area contributed by atoms with Gasteiger partial charge in [-0.3, -0.25) is 0 Å². The molecule has 0 bridgehead atoms. The molecule has 0 spiro atoms. The Labute approximate surface area is 140 Å². The molecule has 0 amide bonds. The quantitative estimate of drug-likeness (QED) is 0.733. The number of aromatic nitrogens is 2. The summed E-state index contributed by atoms with van der Waals surface area (Å²) in [5.41, 5.74) is 2.27. The smallest absolute Gasteiger partial charge is 0.148 e. The van der Waals surface area contributed by atoms with Crippen LogP contribution >= 0.6 is 11.6 Å². The Morgan fingerprint density at radius 3 is 2.48 bits per heavy atom.